The molecule has 3 nitrogen and oxygen atoms in total. The number of anilines is 1. The smallest absolute Gasteiger partial charge is 0.139 e. The molecule has 0 spiro atoms. The number of aromatic nitrogens is 2. The van der Waals surface area contributed by atoms with Crippen molar-refractivity contribution in [2.45, 2.75) is 26.9 Å². The first-order chi connectivity index (χ1) is 8.61. The van der Waals surface area contributed by atoms with E-state index in [1.807, 2.05) is 24.6 Å². The Bertz CT molecular complexity index is 551. The van der Waals surface area contributed by atoms with Crippen molar-refractivity contribution < 1.29 is 4.39 Å². The summed E-state index contributed by atoms with van der Waals surface area (Å²) < 4.78 is 15.9. The second-order valence-corrected chi connectivity index (χ2v) is 4.93. The fraction of sp³-hybridized carbons (Fsp3) is 0.308. The molecule has 5 heteroatoms. The summed E-state index contributed by atoms with van der Waals surface area (Å²) in [5.41, 5.74) is 2.89. The van der Waals surface area contributed by atoms with E-state index in [2.05, 4.69) is 26.3 Å². The van der Waals surface area contributed by atoms with Gasteiger partial charge >= 0.3 is 0 Å². The molecule has 1 aromatic heterocycles. The molecule has 0 aliphatic heterocycles. The van der Waals surface area contributed by atoms with Crippen molar-refractivity contribution in [3.63, 3.8) is 0 Å². The molecule has 1 heterocycles. The van der Waals surface area contributed by atoms with Crippen molar-refractivity contribution in [1.82, 2.24) is 9.78 Å². The van der Waals surface area contributed by atoms with Crippen LogP contribution in [0.5, 0.6) is 0 Å². The predicted octanol–water partition coefficient (Wildman–Crippen LogP) is 3.73. The largest absolute Gasteiger partial charge is 0.379 e. The molecule has 0 radical (unpaired) electrons. The quantitative estimate of drug-likeness (QED) is 0.932. The van der Waals surface area contributed by atoms with Crippen molar-refractivity contribution in [3.8, 4) is 0 Å². The Labute approximate surface area is 114 Å². The summed E-state index contributed by atoms with van der Waals surface area (Å²) in [5.74, 6) is -0.257. The molecule has 0 saturated carbocycles. The SMILES string of the molecule is CCn1nccc1CNc1cc(F)c(Br)cc1C. The van der Waals surface area contributed by atoms with Crippen LogP contribution in [0.1, 0.15) is 18.2 Å². The maximum atomic E-state index is 13.5. The molecule has 96 valence electrons. The molecule has 0 fully saturated rings. The molecule has 0 aliphatic rings. The summed E-state index contributed by atoms with van der Waals surface area (Å²) in [6.45, 7) is 5.46. The Balaban J connectivity index is 2.13. The summed E-state index contributed by atoms with van der Waals surface area (Å²) in [6, 6.07) is 5.24. The third kappa shape index (κ3) is 2.72. The standard InChI is InChI=1S/C13H15BrFN3/c1-3-18-10(4-5-17-18)8-16-13-7-12(15)11(14)6-9(13)2/h4-7,16H,3,8H2,1-2H3. The molecule has 18 heavy (non-hydrogen) atoms. The van der Waals surface area contributed by atoms with E-state index in [0.29, 0.717) is 11.0 Å². The normalized spacial score (nSPS) is 10.7. The van der Waals surface area contributed by atoms with E-state index in [9.17, 15) is 4.39 Å². The van der Waals surface area contributed by atoms with Gasteiger partial charge in [-0.25, -0.2) is 4.39 Å². The van der Waals surface area contributed by atoms with Crippen LogP contribution in [0.2, 0.25) is 0 Å². The van der Waals surface area contributed by atoms with Crippen LogP contribution in [0.4, 0.5) is 10.1 Å². The minimum atomic E-state index is -0.257. The third-order valence-electron chi connectivity index (χ3n) is 2.83. The number of rotatable bonds is 4. The highest BCUT2D eigenvalue weighted by Crippen LogP contribution is 2.24. The number of halogens is 2. The zero-order valence-corrected chi connectivity index (χ0v) is 12.0. The molecule has 1 aromatic carbocycles. The average molecular weight is 312 g/mol. The lowest BCUT2D eigenvalue weighted by Gasteiger charge is -2.11. The van der Waals surface area contributed by atoms with Gasteiger partial charge in [-0.15, -0.1) is 0 Å². The number of benzene rings is 1. The monoisotopic (exact) mass is 311 g/mol. The lowest BCUT2D eigenvalue weighted by molar-refractivity contribution is 0.619. The first-order valence-electron chi connectivity index (χ1n) is 5.82. The lowest BCUT2D eigenvalue weighted by atomic mass is 10.2. The maximum Gasteiger partial charge on any atom is 0.139 e. The summed E-state index contributed by atoms with van der Waals surface area (Å²) in [4.78, 5) is 0. The highest BCUT2D eigenvalue weighted by atomic mass is 79.9. The van der Waals surface area contributed by atoms with Gasteiger partial charge in [0.1, 0.15) is 5.82 Å². The Morgan fingerprint density at radius 3 is 2.94 bits per heavy atom. The summed E-state index contributed by atoms with van der Waals surface area (Å²) >= 11 is 3.18. The molecule has 0 bridgehead atoms. The van der Waals surface area contributed by atoms with Gasteiger partial charge in [-0.3, -0.25) is 4.68 Å². The van der Waals surface area contributed by atoms with E-state index in [4.69, 9.17) is 0 Å². The van der Waals surface area contributed by atoms with E-state index in [-0.39, 0.29) is 5.82 Å². The van der Waals surface area contributed by atoms with E-state index >= 15 is 0 Å². The van der Waals surface area contributed by atoms with Crippen molar-refractivity contribution in [3.05, 3.63) is 45.9 Å². The summed E-state index contributed by atoms with van der Waals surface area (Å²) in [5, 5.41) is 7.43. The molecular weight excluding hydrogens is 297 g/mol. The van der Waals surface area contributed by atoms with E-state index in [0.717, 1.165) is 23.5 Å². The Morgan fingerprint density at radius 2 is 2.22 bits per heavy atom. The van der Waals surface area contributed by atoms with Crippen LogP contribution in [0.3, 0.4) is 0 Å². The van der Waals surface area contributed by atoms with Gasteiger partial charge in [0, 0.05) is 18.4 Å². The van der Waals surface area contributed by atoms with Gasteiger partial charge in [0.15, 0.2) is 0 Å². The number of hydrogen-bond acceptors (Lipinski definition) is 2. The number of nitrogens with zero attached hydrogens (tertiary/aromatic N) is 2. The van der Waals surface area contributed by atoms with Crippen LogP contribution in [0, 0.1) is 12.7 Å². The van der Waals surface area contributed by atoms with Crippen LogP contribution < -0.4 is 5.32 Å². The van der Waals surface area contributed by atoms with Crippen molar-refractivity contribution >= 4 is 21.6 Å². The van der Waals surface area contributed by atoms with E-state index in [1.54, 1.807) is 12.3 Å². The zero-order valence-electron chi connectivity index (χ0n) is 10.4. The topological polar surface area (TPSA) is 29.9 Å². The molecular formula is C13H15BrFN3. The molecule has 2 aromatic rings. The van der Waals surface area contributed by atoms with E-state index in [1.165, 1.54) is 6.07 Å². The minimum Gasteiger partial charge on any atom is -0.379 e. The first kappa shape index (κ1) is 13.1. The van der Waals surface area contributed by atoms with Crippen molar-refractivity contribution in [1.29, 1.82) is 0 Å². The van der Waals surface area contributed by atoms with Gasteiger partial charge in [0.2, 0.25) is 0 Å². The molecule has 0 aliphatic carbocycles. The molecule has 0 unspecified atom stereocenters. The molecule has 0 atom stereocenters. The van der Waals surface area contributed by atoms with Crippen LogP contribution in [0.15, 0.2) is 28.9 Å². The predicted molar refractivity (Wildman–Crippen MR) is 74.1 cm³/mol. The van der Waals surface area contributed by atoms with Crippen LogP contribution in [-0.4, -0.2) is 9.78 Å². The Hall–Kier alpha value is -1.36. The summed E-state index contributed by atoms with van der Waals surface area (Å²) in [7, 11) is 0. The Kier molecular flexibility index (Phi) is 4.01. The fourth-order valence-corrected chi connectivity index (χ4v) is 2.28. The molecule has 0 amide bonds. The zero-order chi connectivity index (χ0) is 13.1. The molecule has 2 rings (SSSR count). The van der Waals surface area contributed by atoms with Crippen LogP contribution >= 0.6 is 15.9 Å². The number of aryl methyl sites for hydroxylation is 2. The fourth-order valence-electron chi connectivity index (χ4n) is 1.82. The van der Waals surface area contributed by atoms with Crippen LogP contribution in [0.25, 0.3) is 0 Å². The van der Waals surface area contributed by atoms with Gasteiger partial charge in [0.05, 0.1) is 16.7 Å². The molecule has 1 N–H and O–H groups in total. The van der Waals surface area contributed by atoms with Gasteiger partial charge in [0.25, 0.3) is 0 Å². The van der Waals surface area contributed by atoms with Crippen molar-refractivity contribution in [2.75, 3.05) is 5.32 Å². The highest BCUT2D eigenvalue weighted by Gasteiger charge is 2.06. The second kappa shape index (κ2) is 5.52. The van der Waals surface area contributed by atoms with Gasteiger partial charge in [-0.1, -0.05) is 0 Å². The lowest BCUT2D eigenvalue weighted by Crippen LogP contribution is -2.08. The van der Waals surface area contributed by atoms with Crippen molar-refractivity contribution in [2.24, 2.45) is 0 Å². The average Bonchev–Trinajstić information content (AvgIpc) is 2.79. The van der Waals surface area contributed by atoms with E-state index < -0.39 is 0 Å². The highest BCUT2D eigenvalue weighted by molar-refractivity contribution is 9.10. The van der Waals surface area contributed by atoms with Gasteiger partial charge < -0.3 is 5.32 Å². The minimum absolute atomic E-state index is 0.257. The van der Waals surface area contributed by atoms with Crippen LogP contribution in [-0.2, 0) is 13.1 Å². The first-order valence-corrected chi connectivity index (χ1v) is 6.61. The second-order valence-electron chi connectivity index (χ2n) is 4.07. The maximum absolute atomic E-state index is 13.5. The third-order valence-corrected chi connectivity index (χ3v) is 3.44. The number of hydrogen-bond donors (Lipinski definition) is 1. The summed E-state index contributed by atoms with van der Waals surface area (Å²) in [6.07, 6.45) is 1.77. The number of nitrogens with one attached hydrogen (secondary N) is 1. The van der Waals surface area contributed by atoms with Gasteiger partial charge in [-0.05, 0) is 53.5 Å². The molecule has 0 saturated heterocycles. The van der Waals surface area contributed by atoms with Gasteiger partial charge in [-0.2, -0.15) is 5.10 Å². The Morgan fingerprint density at radius 1 is 1.44 bits per heavy atom.